The molecule has 5 nitrogen and oxygen atoms in total. The van der Waals surface area contributed by atoms with Crippen LogP contribution in [0.15, 0.2) is 35.8 Å². The molecule has 0 amide bonds. The van der Waals surface area contributed by atoms with Crippen molar-refractivity contribution in [2.45, 2.75) is 13.5 Å². The van der Waals surface area contributed by atoms with E-state index in [4.69, 9.17) is 0 Å². The highest BCUT2D eigenvalue weighted by Crippen LogP contribution is 2.22. The van der Waals surface area contributed by atoms with Gasteiger partial charge in [0.15, 0.2) is 0 Å². The molecule has 2 N–H and O–H groups in total. The number of nitrogens with zero attached hydrogens (tertiary/aromatic N) is 2. The number of benzene rings is 1. The molecule has 0 atom stereocenters. The van der Waals surface area contributed by atoms with Crippen LogP contribution in [-0.2, 0) is 6.54 Å². The molecule has 2 heterocycles. The van der Waals surface area contributed by atoms with Gasteiger partial charge in [-0.05, 0) is 19.1 Å². The highest BCUT2D eigenvalue weighted by molar-refractivity contribution is 7.09. The molecule has 0 spiro atoms. The fraction of sp³-hybridized carbons (Fsp3) is 0.133. The molecule has 0 aliphatic heterocycles. The lowest BCUT2D eigenvalue weighted by atomic mass is 10.1. The van der Waals surface area contributed by atoms with Crippen LogP contribution >= 0.6 is 11.3 Å². The number of carbonyl (C=O) groups is 1. The van der Waals surface area contributed by atoms with E-state index in [9.17, 15) is 9.90 Å². The van der Waals surface area contributed by atoms with Gasteiger partial charge in [-0.25, -0.2) is 14.8 Å². The summed E-state index contributed by atoms with van der Waals surface area (Å²) in [5, 5.41) is 13.2. The molecule has 0 aliphatic rings. The van der Waals surface area contributed by atoms with Crippen molar-refractivity contribution in [2.75, 3.05) is 5.32 Å². The van der Waals surface area contributed by atoms with Gasteiger partial charge in [0, 0.05) is 10.3 Å². The maximum Gasteiger partial charge on any atom is 0.336 e. The van der Waals surface area contributed by atoms with Gasteiger partial charge in [-0.2, -0.15) is 0 Å². The highest BCUT2D eigenvalue weighted by atomic mass is 32.1. The molecule has 0 unspecified atom stereocenters. The number of pyridine rings is 1. The second-order valence-corrected chi connectivity index (χ2v) is 5.53. The first kappa shape index (κ1) is 13.5. The summed E-state index contributed by atoms with van der Waals surface area (Å²) in [6.45, 7) is 2.53. The molecule has 0 radical (unpaired) electrons. The standard InChI is InChI=1S/C15H13N3O2S/c1-9-13(21-8-17-9)7-16-14-6-11(15(19)20)10-4-2-3-5-12(10)18-14/h2-6,8H,7H2,1H3,(H,16,18)(H,19,20). The second kappa shape index (κ2) is 5.49. The fourth-order valence-electron chi connectivity index (χ4n) is 2.11. The Morgan fingerprint density at radius 2 is 2.19 bits per heavy atom. The predicted molar refractivity (Wildman–Crippen MR) is 82.9 cm³/mol. The Bertz CT molecular complexity index is 814. The maximum absolute atomic E-state index is 11.4. The fourth-order valence-corrected chi connectivity index (χ4v) is 2.83. The third kappa shape index (κ3) is 2.71. The number of anilines is 1. The highest BCUT2D eigenvalue weighted by Gasteiger charge is 2.11. The molecule has 0 bridgehead atoms. The van der Waals surface area contributed by atoms with Crippen LogP contribution in [0, 0.1) is 6.92 Å². The van der Waals surface area contributed by atoms with Gasteiger partial charge in [-0.3, -0.25) is 0 Å². The Balaban J connectivity index is 1.95. The largest absolute Gasteiger partial charge is 0.478 e. The van der Waals surface area contributed by atoms with E-state index < -0.39 is 5.97 Å². The van der Waals surface area contributed by atoms with Crippen molar-refractivity contribution < 1.29 is 9.90 Å². The zero-order valence-corrected chi connectivity index (χ0v) is 12.1. The van der Waals surface area contributed by atoms with Crippen molar-refractivity contribution in [3.63, 3.8) is 0 Å². The molecule has 3 aromatic rings. The number of rotatable bonds is 4. The van der Waals surface area contributed by atoms with Crippen molar-refractivity contribution in [1.29, 1.82) is 0 Å². The van der Waals surface area contributed by atoms with Crippen molar-refractivity contribution in [2.24, 2.45) is 0 Å². The lowest BCUT2D eigenvalue weighted by molar-refractivity contribution is 0.0699. The minimum absolute atomic E-state index is 0.254. The molecule has 6 heteroatoms. The predicted octanol–water partition coefficient (Wildman–Crippen LogP) is 3.31. The van der Waals surface area contributed by atoms with Crippen LogP contribution in [0.3, 0.4) is 0 Å². The van der Waals surface area contributed by atoms with E-state index in [0.29, 0.717) is 23.3 Å². The van der Waals surface area contributed by atoms with Crippen LogP contribution < -0.4 is 5.32 Å². The zero-order valence-electron chi connectivity index (χ0n) is 11.3. The summed E-state index contributed by atoms with van der Waals surface area (Å²) in [5.41, 5.74) is 3.69. The number of thiazole rings is 1. The van der Waals surface area contributed by atoms with Gasteiger partial charge in [-0.15, -0.1) is 11.3 Å². The topological polar surface area (TPSA) is 75.1 Å². The number of carboxylic acids is 1. The van der Waals surface area contributed by atoms with Gasteiger partial charge < -0.3 is 10.4 Å². The molecule has 0 aliphatic carbocycles. The van der Waals surface area contributed by atoms with E-state index in [-0.39, 0.29) is 5.56 Å². The number of carboxylic acid groups (broad SMARTS) is 1. The third-order valence-electron chi connectivity index (χ3n) is 3.22. The van der Waals surface area contributed by atoms with E-state index in [2.05, 4.69) is 15.3 Å². The number of aromatic carboxylic acids is 1. The van der Waals surface area contributed by atoms with Crippen molar-refractivity contribution >= 4 is 34.0 Å². The second-order valence-electron chi connectivity index (χ2n) is 4.59. The summed E-state index contributed by atoms with van der Waals surface area (Å²) >= 11 is 1.57. The van der Waals surface area contributed by atoms with Crippen molar-refractivity contribution in [3.8, 4) is 0 Å². The van der Waals surface area contributed by atoms with Crippen LogP contribution in [0.5, 0.6) is 0 Å². The number of hydrogen-bond acceptors (Lipinski definition) is 5. The number of hydrogen-bond donors (Lipinski definition) is 2. The SMILES string of the molecule is Cc1ncsc1CNc1cc(C(=O)O)c2ccccc2n1. The first-order valence-electron chi connectivity index (χ1n) is 6.41. The monoisotopic (exact) mass is 299 g/mol. The molecule has 0 fully saturated rings. The number of nitrogens with one attached hydrogen (secondary N) is 1. The molecule has 0 saturated heterocycles. The summed E-state index contributed by atoms with van der Waals surface area (Å²) in [4.78, 5) is 21.1. The Labute approximate surface area is 125 Å². The molecule has 1 aromatic carbocycles. The maximum atomic E-state index is 11.4. The number of aryl methyl sites for hydroxylation is 1. The molecular weight excluding hydrogens is 286 g/mol. The van der Waals surface area contributed by atoms with Gasteiger partial charge >= 0.3 is 5.97 Å². The lowest BCUT2D eigenvalue weighted by Gasteiger charge is -2.08. The molecule has 2 aromatic heterocycles. The number of aromatic nitrogens is 2. The normalized spacial score (nSPS) is 10.7. The Kier molecular flexibility index (Phi) is 3.53. The van der Waals surface area contributed by atoms with Crippen molar-refractivity contribution in [1.82, 2.24) is 9.97 Å². The molecule has 106 valence electrons. The first-order chi connectivity index (χ1) is 10.1. The molecule has 21 heavy (non-hydrogen) atoms. The third-order valence-corrected chi connectivity index (χ3v) is 4.16. The van der Waals surface area contributed by atoms with Crippen molar-refractivity contribution in [3.05, 3.63) is 52.0 Å². The van der Waals surface area contributed by atoms with E-state index in [1.807, 2.05) is 25.1 Å². The van der Waals surface area contributed by atoms with Gasteiger partial charge in [0.25, 0.3) is 0 Å². The minimum atomic E-state index is -0.953. The summed E-state index contributed by atoms with van der Waals surface area (Å²) in [5.74, 6) is -0.399. The smallest absolute Gasteiger partial charge is 0.336 e. The van der Waals surface area contributed by atoms with E-state index in [0.717, 1.165) is 10.6 Å². The van der Waals surface area contributed by atoms with Crippen LogP contribution in [0.1, 0.15) is 20.9 Å². The van der Waals surface area contributed by atoms with E-state index in [1.54, 1.807) is 29.0 Å². The quantitative estimate of drug-likeness (QED) is 0.773. The lowest BCUT2D eigenvalue weighted by Crippen LogP contribution is -2.05. The average Bonchev–Trinajstić information content (AvgIpc) is 2.89. The number of fused-ring (bicyclic) bond motifs is 1. The van der Waals surface area contributed by atoms with Crippen LogP contribution in [0.4, 0.5) is 5.82 Å². The Morgan fingerprint density at radius 1 is 1.38 bits per heavy atom. The Morgan fingerprint density at radius 3 is 2.90 bits per heavy atom. The summed E-state index contributed by atoms with van der Waals surface area (Å²) in [6, 6.07) is 8.80. The summed E-state index contributed by atoms with van der Waals surface area (Å²) in [6.07, 6.45) is 0. The zero-order chi connectivity index (χ0) is 14.8. The van der Waals surface area contributed by atoms with E-state index in [1.165, 1.54) is 0 Å². The van der Waals surface area contributed by atoms with Gasteiger partial charge in [-0.1, -0.05) is 18.2 Å². The average molecular weight is 299 g/mol. The molecule has 0 saturated carbocycles. The first-order valence-corrected chi connectivity index (χ1v) is 7.29. The minimum Gasteiger partial charge on any atom is -0.478 e. The van der Waals surface area contributed by atoms with Crippen LogP contribution in [0.25, 0.3) is 10.9 Å². The van der Waals surface area contributed by atoms with Gasteiger partial charge in [0.1, 0.15) is 5.82 Å². The van der Waals surface area contributed by atoms with E-state index >= 15 is 0 Å². The summed E-state index contributed by atoms with van der Waals surface area (Å²) in [7, 11) is 0. The van der Waals surface area contributed by atoms with Gasteiger partial charge in [0.05, 0.1) is 28.8 Å². The molecule has 3 rings (SSSR count). The Hall–Kier alpha value is -2.47. The molecular formula is C15H13N3O2S. The summed E-state index contributed by atoms with van der Waals surface area (Å²) < 4.78 is 0. The van der Waals surface area contributed by atoms with Crippen LogP contribution in [-0.4, -0.2) is 21.0 Å². The van der Waals surface area contributed by atoms with Crippen LogP contribution in [0.2, 0.25) is 0 Å². The number of para-hydroxylation sites is 1. The van der Waals surface area contributed by atoms with Gasteiger partial charge in [0.2, 0.25) is 0 Å².